The number of fused-ring (bicyclic) bond motifs is 1. The van der Waals surface area contributed by atoms with E-state index in [0.717, 1.165) is 37.6 Å². The van der Waals surface area contributed by atoms with E-state index >= 15 is 0 Å². The maximum atomic E-state index is 13.7. The number of rotatable bonds is 8. The number of halogens is 1. The summed E-state index contributed by atoms with van der Waals surface area (Å²) in [6.07, 6.45) is 4.95. The average molecular weight is 520 g/mol. The molecule has 35 heavy (non-hydrogen) atoms. The summed E-state index contributed by atoms with van der Waals surface area (Å²) < 4.78 is 49.3. The van der Waals surface area contributed by atoms with E-state index in [1.807, 2.05) is 11.5 Å². The number of benzene rings is 2. The molecule has 0 unspecified atom stereocenters. The Morgan fingerprint density at radius 1 is 1.17 bits per heavy atom. The fraction of sp³-hybridized carbons (Fsp3) is 0.440. The molecule has 1 aromatic heterocycles. The fourth-order valence-corrected chi connectivity index (χ4v) is 6.87. The molecule has 2 aromatic carbocycles. The van der Waals surface area contributed by atoms with Gasteiger partial charge in [0.2, 0.25) is 10.0 Å². The van der Waals surface area contributed by atoms with Gasteiger partial charge >= 0.3 is 0 Å². The molecule has 1 heterocycles. The van der Waals surface area contributed by atoms with Crippen LogP contribution in [0.3, 0.4) is 0 Å². The van der Waals surface area contributed by atoms with Gasteiger partial charge in [-0.05, 0) is 62.2 Å². The zero-order valence-corrected chi connectivity index (χ0v) is 21.6. The number of thiazole rings is 1. The predicted molar refractivity (Wildman–Crippen MR) is 134 cm³/mol. The molecule has 0 N–H and O–H groups in total. The summed E-state index contributed by atoms with van der Waals surface area (Å²) in [6, 6.07) is 10.4. The van der Waals surface area contributed by atoms with E-state index < -0.39 is 15.9 Å². The van der Waals surface area contributed by atoms with Crippen molar-refractivity contribution in [3.05, 3.63) is 58.6 Å². The average Bonchev–Trinajstić information content (AvgIpc) is 3.20. The number of amides is 1. The highest BCUT2D eigenvalue weighted by Crippen LogP contribution is 2.26. The van der Waals surface area contributed by atoms with Gasteiger partial charge in [-0.2, -0.15) is 9.30 Å². The summed E-state index contributed by atoms with van der Waals surface area (Å²) in [5.74, 6) is -0.852. The molecule has 0 aliphatic heterocycles. The van der Waals surface area contributed by atoms with E-state index in [-0.39, 0.29) is 22.3 Å². The van der Waals surface area contributed by atoms with Crippen LogP contribution in [0.15, 0.2) is 52.4 Å². The largest absolute Gasteiger partial charge is 0.380 e. The van der Waals surface area contributed by atoms with Crippen LogP contribution in [0.25, 0.3) is 10.2 Å². The van der Waals surface area contributed by atoms with E-state index in [2.05, 4.69) is 4.99 Å². The molecule has 1 fully saturated rings. The van der Waals surface area contributed by atoms with Crippen molar-refractivity contribution in [3.63, 3.8) is 0 Å². The SMILES string of the molecule is CCOCCn1c(=NC(=O)c2ccc(S(=O)(=O)N(C)C3CCCCC3)cc2)sc2cc(F)ccc21. The minimum absolute atomic E-state index is 0.00925. The Morgan fingerprint density at radius 3 is 2.57 bits per heavy atom. The molecule has 0 radical (unpaired) electrons. The molecule has 1 aliphatic rings. The van der Waals surface area contributed by atoms with Crippen molar-refractivity contribution in [1.29, 1.82) is 0 Å². The van der Waals surface area contributed by atoms with Crippen LogP contribution >= 0.6 is 11.3 Å². The van der Waals surface area contributed by atoms with Crippen LogP contribution in [-0.2, 0) is 21.3 Å². The van der Waals surface area contributed by atoms with E-state index in [0.29, 0.717) is 29.3 Å². The number of carbonyl (C=O) groups excluding carboxylic acids is 1. The molecule has 1 amide bonds. The van der Waals surface area contributed by atoms with Gasteiger partial charge in [0, 0.05) is 31.8 Å². The maximum Gasteiger partial charge on any atom is 0.279 e. The minimum atomic E-state index is -3.64. The van der Waals surface area contributed by atoms with Crippen LogP contribution in [-0.4, -0.2) is 49.5 Å². The number of aromatic nitrogens is 1. The topological polar surface area (TPSA) is 81.0 Å². The number of hydrogen-bond acceptors (Lipinski definition) is 5. The number of carbonyl (C=O) groups is 1. The van der Waals surface area contributed by atoms with E-state index in [9.17, 15) is 17.6 Å². The molecule has 0 atom stereocenters. The van der Waals surface area contributed by atoms with Crippen LogP contribution in [0, 0.1) is 5.82 Å². The number of sulfonamides is 1. The van der Waals surface area contributed by atoms with Crippen molar-refractivity contribution in [2.75, 3.05) is 20.3 Å². The lowest BCUT2D eigenvalue weighted by Gasteiger charge is -2.30. The molecule has 0 bridgehead atoms. The Morgan fingerprint density at radius 2 is 1.89 bits per heavy atom. The minimum Gasteiger partial charge on any atom is -0.380 e. The van der Waals surface area contributed by atoms with Crippen LogP contribution in [0.4, 0.5) is 4.39 Å². The van der Waals surface area contributed by atoms with Gasteiger partial charge in [0.1, 0.15) is 5.82 Å². The summed E-state index contributed by atoms with van der Waals surface area (Å²) >= 11 is 1.22. The lowest BCUT2D eigenvalue weighted by Crippen LogP contribution is -2.38. The first-order chi connectivity index (χ1) is 16.8. The van der Waals surface area contributed by atoms with Crippen LogP contribution in [0.2, 0.25) is 0 Å². The van der Waals surface area contributed by atoms with Crippen LogP contribution in [0.1, 0.15) is 49.4 Å². The third-order valence-electron chi connectivity index (χ3n) is 6.37. The second-order valence-electron chi connectivity index (χ2n) is 8.60. The first-order valence-corrected chi connectivity index (χ1v) is 14.1. The van der Waals surface area contributed by atoms with Gasteiger partial charge in [0.15, 0.2) is 4.80 Å². The second kappa shape index (κ2) is 11.1. The molecule has 3 aromatic rings. The Hall–Kier alpha value is -2.40. The number of hydrogen-bond donors (Lipinski definition) is 0. The molecule has 10 heteroatoms. The van der Waals surface area contributed by atoms with E-state index in [1.54, 1.807) is 13.1 Å². The second-order valence-corrected chi connectivity index (χ2v) is 11.6. The molecule has 4 rings (SSSR count). The zero-order valence-electron chi connectivity index (χ0n) is 19.9. The van der Waals surface area contributed by atoms with Gasteiger partial charge < -0.3 is 9.30 Å². The van der Waals surface area contributed by atoms with Crippen molar-refractivity contribution >= 4 is 37.5 Å². The van der Waals surface area contributed by atoms with Crippen molar-refractivity contribution in [3.8, 4) is 0 Å². The van der Waals surface area contributed by atoms with Crippen LogP contribution in [0.5, 0.6) is 0 Å². The molecule has 7 nitrogen and oxygen atoms in total. The number of ether oxygens (including phenoxy) is 1. The first kappa shape index (κ1) is 25.7. The maximum absolute atomic E-state index is 13.7. The Kier molecular flexibility index (Phi) is 8.16. The highest BCUT2D eigenvalue weighted by Gasteiger charge is 2.29. The molecular formula is C25H30FN3O4S2. The summed E-state index contributed by atoms with van der Waals surface area (Å²) in [5, 5.41) is 0. The Bertz CT molecular complexity index is 1360. The molecule has 188 valence electrons. The number of nitrogens with zero attached hydrogens (tertiary/aromatic N) is 3. The van der Waals surface area contributed by atoms with Crippen molar-refractivity contribution in [2.24, 2.45) is 4.99 Å². The van der Waals surface area contributed by atoms with Crippen molar-refractivity contribution < 1.29 is 22.3 Å². The van der Waals surface area contributed by atoms with E-state index in [4.69, 9.17) is 4.74 Å². The normalized spacial score (nSPS) is 15.8. The summed E-state index contributed by atoms with van der Waals surface area (Å²) in [4.78, 5) is 17.8. The Balaban J connectivity index is 1.60. The molecule has 1 saturated carbocycles. The zero-order chi connectivity index (χ0) is 25.0. The summed E-state index contributed by atoms with van der Waals surface area (Å²) in [5.41, 5.74) is 1.05. The standard InChI is InChI=1S/C25H30FN3O4S2/c1-3-33-16-15-29-22-14-11-19(26)17-23(22)34-25(29)27-24(30)18-9-12-21(13-10-18)35(31,32)28(2)20-7-5-4-6-8-20/h9-14,17,20H,3-8,15-16H2,1-2H3. The van der Waals surface area contributed by atoms with Gasteiger partial charge in [-0.1, -0.05) is 30.6 Å². The highest BCUT2D eigenvalue weighted by atomic mass is 32.2. The molecule has 1 aliphatic carbocycles. The lowest BCUT2D eigenvalue weighted by atomic mass is 9.96. The fourth-order valence-electron chi connectivity index (χ4n) is 4.38. The summed E-state index contributed by atoms with van der Waals surface area (Å²) in [6.45, 7) is 3.36. The third-order valence-corrected chi connectivity index (χ3v) is 9.34. The van der Waals surface area contributed by atoms with Gasteiger partial charge in [0.25, 0.3) is 5.91 Å². The first-order valence-electron chi connectivity index (χ1n) is 11.8. The monoisotopic (exact) mass is 519 g/mol. The third kappa shape index (κ3) is 5.72. The van der Waals surface area contributed by atoms with Gasteiger partial charge in [0.05, 0.1) is 21.7 Å². The molecule has 0 spiro atoms. The van der Waals surface area contributed by atoms with Crippen LogP contribution < -0.4 is 4.80 Å². The molecular weight excluding hydrogens is 489 g/mol. The van der Waals surface area contributed by atoms with Crippen molar-refractivity contribution in [2.45, 2.75) is 56.5 Å². The van der Waals surface area contributed by atoms with Crippen molar-refractivity contribution in [1.82, 2.24) is 8.87 Å². The molecule has 0 saturated heterocycles. The van der Waals surface area contributed by atoms with Gasteiger partial charge in [-0.15, -0.1) is 0 Å². The predicted octanol–water partition coefficient (Wildman–Crippen LogP) is 4.57. The summed E-state index contributed by atoms with van der Waals surface area (Å²) in [7, 11) is -2.01. The van der Waals surface area contributed by atoms with Gasteiger partial charge in [-0.25, -0.2) is 12.8 Å². The smallest absolute Gasteiger partial charge is 0.279 e. The quantitative estimate of drug-likeness (QED) is 0.408. The lowest BCUT2D eigenvalue weighted by molar-refractivity contribution is 0.0996. The highest BCUT2D eigenvalue weighted by molar-refractivity contribution is 7.89. The van der Waals surface area contributed by atoms with E-state index in [1.165, 1.54) is 52.0 Å². The van der Waals surface area contributed by atoms with Gasteiger partial charge in [-0.3, -0.25) is 4.79 Å². The Labute approximate surface area is 208 Å².